The maximum absolute atomic E-state index is 11.1. The molecule has 0 unspecified atom stereocenters. The number of anilines is 1. The van der Waals surface area contributed by atoms with Gasteiger partial charge in [0.1, 0.15) is 0 Å². The summed E-state index contributed by atoms with van der Waals surface area (Å²) in [6, 6.07) is 0. The highest BCUT2D eigenvalue weighted by molar-refractivity contribution is 5.76. The lowest BCUT2D eigenvalue weighted by Crippen LogP contribution is -2.27. The van der Waals surface area contributed by atoms with Gasteiger partial charge in [-0.15, -0.1) is 0 Å². The van der Waals surface area contributed by atoms with Gasteiger partial charge in [0.25, 0.3) is 0 Å². The lowest BCUT2D eigenvalue weighted by molar-refractivity contribution is -0.120. The Kier molecular flexibility index (Phi) is 6.07. The molecule has 1 aromatic heterocycles. The number of hydrogen-bond acceptors (Lipinski definition) is 5. The molecule has 0 saturated heterocycles. The minimum absolute atomic E-state index is 0.0191. The quantitative estimate of drug-likeness (QED) is 0.722. The van der Waals surface area contributed by atoms with Crippen LogP contribution in [0, 0.1) is 0 Å². The van der Waals surface area contributed by atoms with Gasteiger partial charge in [0.15, 0.2) is 0 Å². The molecule has 0 aromatic carbocycles. The molecule has 100 valence electrons. The highest BCUT2D eigenvalue weighted by Gasteiger charge is 2.06. The highest BCUT2D eigenvalue weighted by Crippen LogP contribution is 2.05. The van der Waals surface area contributed by atoms with Gasteiger partial charge in [-0.25, -0.2) is 9.97 Å². The van der Waals surface area contributed by atoms with Crippen LogP contribution in [0.2, 0.25) is 0 Å². The Morgan fingerprint density at radius 3 is 2.61 bits per heavy atom. The number of hydrogen-bond donors (Lipinski definition) is 2. The van der Waals surface area contributed by atoms with E-state index in [0.717, 1.165) is 18.7 Å². The van der Waals surface area contributed by atoms with Gasteiger partial charge in [0.2, 0.25) is 11.9 Å². The monoisotopic (exact) mass is 251 g/mol. The number of amides is 1. The number of nitrogens with one attached hydrogen (secondary N) is 2. The Hall–Kier alpha value is -1.69. The van der Waals surface area contributed by atoms with E-state index in [9.17, 15) is 4.79 Å². The van der Waals surface area contributed by atoms with Gasteiger partial charge in [-0.3, -0.25) is 4.79 Å². The van der Waals surface area contributed by atoms with Crippen molar-refractivity contribution in [2.24, 2.45) is 0 Å². The minimum Gasteiger partial charge on any atom is -0.359 e. The summed E-state index contributed by atoms with van der Waals surface area (Å²) < 4.78 is 0. The molecule has 6 nitrogen and oxygen atoms in total. The molecule has 1 amide bonds. The molecule has 18 heavy (non-hydrogen) atoms. The van der Waals surface area contributed by atoms with Crippen molar-refractivity contribution in [3.63, 3.8) is 0 Å². The van der Waals surface area contributed by atoms with E-state index < -0.39 is 0 Å². The van der Waals surface area contributed by atoms with E-state index in [4.69, 9.17) is 0 Å². The van der Waals surface area contributed by atoms with Crippen LogP contribution < -0.4 is 15.5 Å². The molecule has 0 bridgehead atoms. The van der Waals surface area contributed by atoms with Gasteiger partial charge < -0.3 is 15.5 Å². The van der Waals surface area contributed by atoms with Crippen LogP contribution in [-0.2, 0) is 11.3 Å². The Labute approximate surface area is 108 Å². The van der Waals surface area contributed by atoms with Crippen LogP contribution in [0.1, 0.15) is 18.9 Å². The van der Waals surface area contributed by atoms with Gasteiger partial charge >= 0.3 is 0 Å². The normalized spacial score (nSPS) is 10.2. The van der Waals surface area contributed by atoms with E-state index in [2.05, 4.69) is 27.5 Å². The van der Waals surface area contributed by atoms with Gasteiger partial charge in [-0.1, -0.05) is 6.92 Å². The van der Waals surface area contributed by atoms with Crippen LogP contribution in [0.25, 0.3) is 0 Å². The average Bonchev–Trinajstić information content (AvgIpc) is 2.42. The van der Waals surface area contributed by atoms with Gasteiger partial charge in [-0.2, -0.15) is 0 Å². The fraction of sp³-hybridized carbons (Fsp3) is 0.583. The molecule has 6 heteroatoms. The fourth-order valence-electron chi connectivity index (χ4n) is 1.40. The Morgan fingerprint density at radius 2 is 2.06 bits per heavy atom. The summed E-state index contributed by atoms with van der Waals surface area (Å²) in [5.41, 5.74) is 1.06. The third kappa shape index (κ3) is 4.67. The molecule has 0 radical (unpaired) electrons. The van der Waals surface area contributed by atoms with E-state index in [-0.39, 0.29) is 5.91 Å². The molecule has 1 rings (SSSR count). The van der Waals surface area contributed by atoms with Gasteiger partial charge in [0, 0.05) is 51.6 Å². The zero-order chi connectivity index (χ0) is 13.4. The zero-order valence-corrected chi connectivity index (χ0v) is 11.2. The molecule has 0 aliphatic carbocycles. The van der Waals surface area contributed by atoms with Crippen molar-refractivity contribution < 1.29 is 4.79 Å². The number of nitrogens with zero attached hydrogens (tertiary/aromatic N) is 3. The standard InChI is InChI=1S/C12H21N5O/c1-4-14-7-10-8-15-12(16-9-10)17(3)6-5-11(18)13-2/h8-9,14H,4-7H2,1-3H3,(H,13,18). The molecule has 0 aliphatic rings. The van der Waals surface area contributed by atoms with E-state index >= 15 is 0 Å². The third-order valence-corrected chi connectivity index (χ3v) is 2.57. The largest absolute Gasteiger partial charge is 0.359 e. The summed E-state index contributed by atoms with van der Waals surface area (Å²) in [6.07, 6.45) is 4.05. The highest BCUT2D eigenvalue weighted by atomic mass is 16.1. The molecule has 1 heterocycles. The molecule has 0 atom stereocenters. The van der Waals surface area contributed by atoms with Crippen LogP contribution in [0.3, 0.4) is 0 Å². The molecule has 1 aromatic rings. The van der Waals surface area contributed by atoms with Crippen LogP contribution in [0.15, 0.2) is 12.4 Å². The topological polar surface area (TPSA) is 70.2 Å². The average molecular weight is 251 g/mol. The zero-order valence-electron chi connectivity index (χ0n) is 11.2. The Bertz CT molecular complexity index is 365. The lowest BCUT2D eigenvalue weighted by atomic mass is 10.3. The lowest BCUT2D eigenvalue weighted by Gasteiger charge is -2.16. The van der Waals surface area contributed by atoms with Crippen molar-refractivity contribution in [1.82, 2.24) is 20.6 Å². The summed E-state index contributed by atoms with van der Waals surface area (Å²) in [4.78, 5) is 21.6. The second-order valence-corrected chi connectivity index (χ2v) is 4.02. The second-order valence-electron chi connectivity index (χ2n) is 4.02. The number of aromatic nitrogens is 2. The van der Waals surface area contributed by atoms with E-state index in [1.807, 2.05) is 11.9 Å². The van der Waals surface area contributed by atoms with Gasteiger partial charge in [0.05, 0.1) is 0 Å². The number of carbonyl (C=O) groups excluding carboxylic acids is 1. The van der Waals surface area contributed by atoms with Crippen molar-refractivity contribution in [3.8, 4) is 0 Å². The fourth-order valence-corrected chi connectivity index (χ4v) is 1.40. The third-order valence-electron chi connectivity index (χ3n) is 2.57. The van der Waals surface area contributed by atoms with Crippen molar-refractivity contribution in [1.29, 1.82) is 0 Å². The molecule has 0 saturated carbocycles. The van der Waals surface area contributed by atoms with E-state index in [0.29, 0.717) is 18.9 Å². The minimum atomic E-state index is 0.0191. The van der Waals surface area contributed by atoms with Crippen molar-refractivity contribution >= 4 is 11.9 Å². The van der Waals surface area contributed by atoms with E-state index in [1.54, 1.807) is 19.4 Å². The predicted octanol–water partition coefficient (Wildman–Crippen LogP) is 0.158. The molecule has 2 N–H and O–H groups in total. The first-order valence-corrected chi connectivity index (χ1v) is 6.10. The predicted molar refractivity (Wildman–Crippen MR) is 71.4 cm³/mol. The van der Waals surface area contributed by atoms with Crippen LogP contribution in [0.4, 0.5) is 5.95 Å². The SMILES string of the molecule is CCNCc1cnc(N(C)CCC(=O)NC)nc1. The summed E-state index contributed by atoms with van der Waals surface area (Å²) in [6.45, 7) is 4.36. The van der Waals surface area contributed by atoms with Crippen molar-refractivity contribution in [3.05, 3.63) is 18.0 Å². The smallest absolute Gasteiger partial charge is 0.225 e. The molecular weight excluding hydrogens is 230 g/mol. The number of carbonyl (C=O) groups is 1. The Morgan fingerprint density at radius 1 is 1.39 bits per heavy atom. The van der Waals surface area contributed by atoms with Crippen LogP contribution in [0.5, 0.6) is 0 Å². The first-order chi connectivity index (χ1) is 8.67. The van der Waals surface area contributed by atoms with E-state index in [1.165, 1.54) is 0 Å². The van der Waals surface area contributed by atoms with Gasteiger partial charge in [-0.05, 0) is 6.54 Å². The van der Waals surface area contributed by atoms with Crippen molar-refractivity contribution in [2.45, 2.75) is 19.9 Å². The molecule has 0 spiro atoms. The molecule has 0 aliphatic heterocycles. The van der Waals surface area contributed by atoms with Crippen LogP contribution in [-0.4, -0.2) is 43.1 Å². The van der Waals surface area contributed by atoms with Crippen LogP contribution >= 0.6 is 0 Å². The summed E-state index contributed by atoms with van der Waals surface area (Å²) in [5, 5.41) is 5.80. The Balaban J connectivity index is 2.48. The molecule has 0 fully saturated rings. The first-order valence-electron chi connectivity index (χ1n) is 6.10. The maximum atomic E-state index is 11.1. The first kappa shape index (κ1) is 14.4. The molecular formula is C12H21N5O. The summed E-state index contributed by atoms with van der Waals surface area (Å²) in [7, 11) is 3.51. The maximum Gasteiger partial charge on any atom is 0.225 e. The summed E-state index contributed by atoms with van der Waals surface area (Å²) >= 11 is 0. The van der Waals surface area contributed by atoms with Crippen molar-refractivity contribution in [2.75, 3.05) is 32.1 Å². The second kappa shape index (κ2) is 7.60. The number of rotatable bonds is 7. The summed E-state index contributed by atoms with van der Waals surface area (Å²) in [5.74, 6) is 0.657.